The lowest BCUT2D eigenvalue weighted by atomic mass is 10.2. The Bertz CT molecular complexity index is 639. The summed E-state index contributed by atoms with van der Waals surface area (Å²) in [5.74, 6) is -0.340. The van der Waals surface area contributed by atoms with Crippen LogP contribution in [0.25, 0.3) is 6.08 Å². The molecule has 19 heavy (non-hydrogen) atoms. The highest BCUT2D eigenvalue weighted by atomic mass is 127. The summed E-state index contributed by atoms with van der Waals surface area (Å²) in [7, 11) is 0. The standard InChI is InChI=1S/C12H10IN3O2S/c1-7-14-12(16-15-7)19-10(11(17)18)6-8-3-2-4-9(13)5-8/h2-6H,1H3,(H,17,18)(H,14,15,16)/b10-6-. The number of hydrogen-bond donors (Lipinski definition) is 2. The summed E-state index contributed by atoms with van der Waals surface area (Å²) in [4.78, 5) is 15.5. The van der Waals surface area contributed by atoms with E-state index >= 15 is 0 Å². The third kappa shape index (κ3) is 4.06. The van der Waals surface area contributed by atoms with Gasteiger partial charge in [-0.3, -0.25) is 5.10 Å². The van der Waals surface area contributed by atoms with Gasteiger partial charge in [-0.1, -0.05) is 12.1 Å². The van der Waals surface area contributed by atoms with E-state index in [4.69, 9.17) is 0 Å². The minimum Gasteiger partial charge on any atom is -0.477 e. The van der Waals surface area contributed by atoms with Crippen LogP contribution in [0.4, 0.5) is 0 Å². The van der Waals surface area contributed by atoms with Gasteiger partial charge in [-0.05, 0) is 65.0 Å². The van der Waals surface area contributed by atoms with Crippen molar-refractivity contribution in [3.63, 3.8) is 0 Å². The second-order valence-electron chi connectivity index (χ2n) is 3.67. The zero-order valence-electron chi connectivity index (χ0n) is 9.92. The highest BCUT2D eigenvalue weighted by Crippen LogP contribution is 2.25. The maximum absolute atomic E-state index is 11.2. The Balaban J connectivity index is 2.27. The van der Waals surface area contributed by atoms with Gasteiger partial charge in [0.15, 0.2) is 0 Å². The largest absolute Gasteiger partial charge is 0.477 e. The Morgan fingerprint density at radius 3 is 2.89 bits per heavy atom. The normalized spacial score (nSPS) is 11.6. The van der Waals surface area contributed by atoms with Crippen molar-refractivity contribution in [1.29, 1.82) is 0 Å². The Hall–Kier alpha value is -1.35. The number of H-pyrrole nitrogens is 1. The average molecular weight is 387 g/mol. The van der Waals surface area contributed by atoms with E-state index < -0.39 is 5.97 Å². The van der Waals surface area contributed by atoms with Crippen molar-refractivity contribution >= 4 is 46.4 Å². The first-order valence-corrected chi connectivity index (χ1v) is 7.21. The maximum atomic E-state index is 11.2. The molecule has 98 valence electrons. The second kappa shape index (κ2) is 6.20. The van der Waals surface area contributed by atoms with Crippen LogP contribution in [0.1, 0.15) is 11.4 Å². The number of aromatic nitrogens is 3. The minimum absolute atomic E-state index is 0.181. The lowest BCUT2D eigenvalue weighted by molar-refractivity contribution is -0.131. The van der Waals surface area contributed by atoms with Gasteiger partial charge in [0.25, 0.3) is 0 Å². The van der Waals surface area contributed by atoms with Crippen LogP contribution in [0, 0.1) is 10.5 Å². The molecule has 0 aliphatic carbocycles. The maximum Gasteiger partial charge on any atom is 0.342 e. The number of rotatable bonds is 4. The summed E-state index contributed by atoms with van der Waals surface area (Å²) in [6, 6.07) is 7.60. The number of thioether (sulfide) groups is 1. The van der Waals surface area contributed by atoms with Crippen LogP contribution >= 0.6 is 34.4 Å². The molecule has 0 aliphatic heterocycles. The number of hydrogen-bond acceptors (Lipinski definition) is 4. The molecule has 0 aliphatic rings. The van der Waals surface area contributed by atoms with E-state index in [-0.39, 0.29) is 4.91 Å². The molecule has 0 fully saturated rings. The van der Waals surface area contributed by atoms with E-state index in [9.17, 15) is 9.90 Å². The predicted molar refractivity (Wildman–Crippen MR) is 81.7 cm³/mol. The number of carboxylic acids is 1. The topological polar surface area (TPSA) is 78.9 Å². The smallest absolute Gasteiger partial charge is 0.342 e. The molecular weight excluding hydrogens is 377 g/mol. The van der Waals surface area contributed by atoms with Gasteiger partial charge in [0, 0.05) is 3.57 Å². The summed E-state index contributed by atoms with van der Waals surface area (Å²) < 4.78 is 1.05. The summed E-state index contributed by atoms with van der Waals surface area (Å²) in [6.07, 6.45) is 1.61. The molecule has 0 saturated carbocycles. The first kappa shape index (κ1) is 14.1. The fourth-order valence-corrected chi connectivity index (χ4v) is 2.67. The monoisotopic (exact) mass is 387 g/mol. The van der Waals surface area contributed by atoms with Gasteiger partial charge in [-0.25, -0.2) is 9.78 Å². The van der Waals surface area contributed by atoms with Crippen molar-refractivity contribution in [2.45, 2.75) is 12.1 Å². The molecule has 0 unspecified atom stereocenters. The van der Waals surface area contributed by atoms with E-state index in [1.807, 2.05) is 24.3 Å². The fraction of sp³-hybridized carbons (Fsp3) is 0.0833. The Labute approximate surface area is 127 Å². The van der Waals surface area contributed by atoms with Gasteiger partial charge < -0.3 is 5.11 Å². The van der Waals surface area contributed by atoms with Crippen LogP contribution in [0.2, 0.25) is 0 Å². The van der Waals surface area contributed by atoms with Crippen LogP contribution in [0.15, 0.2) is 34.3 Å². The highest BCUT2D eigenvalue weighted by Gasteiger charge is 2.12. The average Bonchev–Trinajstić information content (AvgIpc) is 2.74. The Morgan fingerprint density at radius 1 is 1.53 bits per heavy atom. The van der Waals surface area contributed by atoms with Gasteiger partial charge in [-0.15, -0.1) is 5.10 Å². The Kier molecular flexibility index (Phi) is 4.59. The molecule has 0 spiro atoms. The number of carbonyl (C=O) groups is 1. The zero-order valence-corrected chi connectivity index (χ0v) is 12.9. The molecule has 1 aromatic carbocycles. The number of aromatic amines is 1. The Morgan fingerprint density at radius 2 is 2.32 bits per heavy atom. The lowest BCUT2D eigenvalue weighted by Crippen LogP contribution is -1.97. The van der Waals surface area contributed by atoms with Crippen molar-refractivity contribution in [1.82, 2.24) is 15.2 Å². The van der Waals surface area contributed by atoms with Crippen LogP contribution in [0.3, 0.4) is 0 Å². The molecule has 5 nitrogen and oxygen atoms in total. The van der Waals surface area contributed by atoms with Crippen LogP contribution in [0.5, 0.6) is 0 Å². The summed E-state index contributed by atoms with van der Waals surface area (Å²) in [5.41, 5.74) is 0.837. The number of aryl methyl sites for hydroxylation is 1. The molecule has 0 atom stereocenters. The molecule has 0 saturated heterocycles. The van der Waals surface area contributed by atoms with Crippen molar-refractivity contribution < 1.29 is 9.90 Å². The van der Waals surface area contributed by atoms with Crippen LogP contribution in [-0.4, -0.2) is 26.3 Å². The fourth-order valence-electron chi connectivity index (χ4n) is 1.35. The highest BCUT2D eigenvalue weighted by molar-refractivity contribution is 14.1. The summed E-state index contributed by atoms with van der Waals surface area (Å²) >= 11 is 3.21. The van der Waals surface area contributed by atoms with Crippen molar-refractivity contribution in [2.24, 2.45) is 0 Å². The van der Waals surface area contributed by atoms with Crippen LogP contribution in [-0.2, 0) is 4.79 Å². The van der Waals surface area contributed by atoms with Crippen molar-refractivity contribution in [3.8, 4) is 0 Å². The number of halogens is 1. The van der Waals surface area contributed by atoms with E-state index in [0.29, 0.717) is 11.0 Å². The quantitative estimate of drug-likeness (QED) is 0.479. The van der Waals surface area contributed by atoms with E-state index in [1.165, 1.54) is 0 Å². The third-order valence-corrected chi connectivity index (χ3v) is 3.68. The van der Waals surface area contributed by atoms with Crippen LogP contribution < -0.4 is 0 Å². The molecule has 1 aromatic heterocycles. The first-order valence-electron chi connectivity index (χ1n) is 5.32. The van der Waals surface area contributed by atoms with Gasteiger partial charge >= 0.3 is 5.97 Å². The molecule has 2 rings (SSSR count). The van der Waals surface area contributed by atoms with E-state index in [0.717, 1.165) is 20.9 Å². The van der Waals surface area contributed by atoms with Gasteiger partial charge in [-0.2, -0.15) is 0 Å². The van der Waals surface area contributed by atoms with Gasteiger partial charge in [0.05, 0.1) is 0 Å². The number of carboxylic acid groups (broad SMARTS) is 1. The molecule has 7 heteroatoms. The molecular formula is C12H10IN3O2S. The lowest BCUT2D eigenvalue weighted by Gasteiger charge is -2.00. The predicted octanol–water partition coefficient (Wildman–Crippen LogP) is 2.94. The van der Waals surface area contributed by atoms with Gasteiger partial charge in [0.2, 0.25) is 5.16 Å². The molecule has 1 heterocycles. The number of aliphatic carboxylic acids is 1. The zero-order chi connectivity index (χ0) is 13.8. The third-order valence-electron chi connectivity index (χ3n) is 2.14. The molecule has 0 radical (unpaired) electrons. The van der Waals surface area contributed by atoms with E-state index in [2.05, 4.69) is 37.8 Å². The number of nitrogens with one attached hydrogen (secondary N) is 1. The van der Waals surface area contributed by atoms with E-state index in [1.54, 1.807) is 13.0 Å². The number of nitrogens with zero attached hydrogens (tertiary/aromatic N) is 2. The van der Waals surface area contributed by atoms with Gasteiger partial charge in [0.1, 0.15) is 10.7 Å². The minimum atomic E-state index is -0.994. The molecule has 2 aromatic rings. The van der Waals surface area contributed by atoms with Crippen molar-refractivity contribution in [3.05, 3.63) is 44.1 Å². The molecule has 0 bridgehead atoms. The summed E-state index contributed by atoms with van der Waals surface area (Å²) in [6.45, 7) is 1.76. The SMILES string of the molecule is Cc1nc(S/C(=C\c2cccc(I)c2)C(=O)O)n[nH]1. The second-order valence-corrected chi connectivity index (χ2v) is 5.93. The molecule has 0 amide bonds. The number of benzene rings is 1. The first-order chi connectivity index (χ1) is 9.04. The molecule has 2 N–H and O–H groups in total. The van der Waals surface area contributed by atoms with Crippen molar-refractivity contribution in [2.75, 3.05) is 0 Å². The summed E-state index contributed by atoms with van der Waals surface area (Å²) in [5, 5.41) is 16.2.